The summed E-state index contributed by atoms with van der Waals surface area (Å²) in [5, 5.41) is 0. The van der Waals surface area contributed by atoms with Crippen LogP contribution in [0.15, 0.2) is 42.5 Å². The number of hydrogen-bond acceptors (Lipinski definition) is 7. The molecule has 0 heterocycles. The minimum atomic E-state index is -0.501. The largest absolute Gasteiger partial charge is 0.493 e. The van der Waals surface area contributed by atoms with Crippen molar-refractivity contribution in [3.05, 3.63) is 59.2 Å². The Morgan fingerprint density at radius 1 is 0.649 bits per heavy atom. The molecule has 3 aromatic carbocycles. The molecular formula is C30H34O7. The second-order valence-corrected chi connectivity index (χ2v) is 9.27. The molecule has 0 N–H and O–H groups in total. The normalized spacial score (nSPS) is 16.4. The van der Waals surface area contributed by atoms with Gasteiger partial charge in [-0.2, -0.15) is 0 Å². The number of ether oxygens (including phenoxy) is 6. The van der Waals surface area contributed by atoms with E-state index in [1.807, 2.05) is 18.2 Å². The fraction of sp³-hybridized carbons (Fsp3) is 0.367. The predicted octanol–water partition coefficient (Wildman–Crippen LogP) is 5.99. The van der Waals surface area contributed by atoms with Gasteiger partial charge in [0.05, 0.1) is 41.1 Å². The monoisotopic (exact) mass is 506 g/mol. The van der Waals surface area contributed by atoms with Crippen LogP contribution in [0.3, 0.4) is 0 Å². The summed E-state index contributed by atoms with van der Waals surface area (Å²) in [5.74, 6) is 2.82. The van der Waals surface area contributed by atoms with E-state index in [1.54, 1.807) is 52.7 Å². The lowest BCUT2D eigenvalue weighted by molar-refractivity contribution is 0.0729. The zero-order chi connectivity index (χ0) is 26.7. The molecule has 0 fully saturated rings. The van der Waals surface area contributed by atoms with Gasteiger partial charge in [0.15, 0.2) is 23.0 Å². The smallest absolute Gasteiger partial charge is 0.343 e. The summed E-state index contributed by atoms with van der Waals surface area (Å²) in [5.41, 5.74) is 3.88. The van der Waals surface area contributed by atoms with Crippen LogP contribution in [0.25, 0.3) is 11.1 Å². The van der Waals surface area contributed by atoms with Gasteiger partial charge in [-0.25, -0.2) is 4.79 Å². The summed E-state index contributed by atoms with van der Waals surface area (Å²) in [6.07, 6.45) is 1.51. The van der Waals surface area contributed by atoms with Crippen molar-refractivity contribution in [2.24, 2.45) is 11.8 Å². The maximum Gasteiger partial charge on any atom is 0.343 e. The Kier molecular flexibility index (Phi) is 7.81. The SMILES string of the molecule is COc1cc2c(c(OC)c1OC)-c1c(cc(OC)c(OC)c1OC(=O)c1ccccc1)C[C@H](C)[C@@H](C)C2. The molecule has 37 heavy (non-hydrogen) atoms. The number of fused-ring (bicyclic) bond motifs is 3. The maximum absolute atomic E-state index is 13.3. The number of methoxy groups -OCH3 is 5. The number of hydrogen-bond donors (Lipinski definition) is 0. The van der Waals surface area contributed by atoms with Gasteiger partial charge in [-0.15, -0.1) is 0 Å². The van der Waals surface area contributed by atoms with Crippen LogP contribution in [-0.2, 0) is 12.8 Å². The molecule has 0 aliphatic heterocycles. The molecule has 7 nitrogen and oxygen atoms in total. The van der Waals surface area contributed by atoms with Crippen LogP contribution in [-0.4, -0.2) is 41.5 Å². The molecule has 0 aromatic heterocycles. The summed E-state index contributed by atoms with van der Waals surface area (Å²) in [6.45, 7) is 4.46. The van der Waals surface area contributed by atoms with Crippen LogP contribution in [0, 0.1) is 11.8 Å². The van der Waals surface area contributed by atoms with E-state index in [0.29, 0.717) is 51.7 Å². The summed E-state index contributed by atoms with van der Waals surface area (Å²) >= 11 is 0. The quantitative estimate of drug-likeness (QED) is 0.288. The topological polar surface area (TPSA) is 72.5 Å². The third kappa shape index (κ3) is 4.78. The second-order valence-electron chi connectivity index (χ2n) is 9.27. The van der Waals surface area contributed by atoms with Gasteiger partial charge in [0, 0.05) is 11.1 Å². The van der Waals surface area contributed by atoms with E-state index in [0.717, 1.165) is 29.5 Å². The summed E-state index contributed by atoms with van der Waals surface area (Å²) in [7, 11) is 7.88. The molecule has 0 bridgehead atoms. The van der Waals surface area contributed by atoms with Crippen LogP contribution >= 0.6 is 0 Å². The van der Waals surface area contributed by atoms with E-state index in [-0.39, 0.29) is 5.75 Å². The number of esters is 1. The Bertz CT molecular complexity index is 1280. The van der Waals surface area contributed by atoms with E-state index >= 15 is 0 Å². The van der Waals surface area contributed by atoms with Crippen molar-refractivity contribution in [1.82, 2.24) is 0 Å². The number of benzene rings is 3. The zero-order valence-electron chi connectivity index (χ0n) is 22.5. The maximum atomic E-state index is 13.3. The van der Waals surface area contributed by atoms with Crippen LogP contribution in [0.4, 0.5) is 0 Å². The second kappa shape index (κ2) is 11.0. The summed E-state index contributed by atoms with van der Waals surface area (Å²) < 4.78 is 35.0. The van der Waals surface area contributed by atoms with Crippen molar-refractivity contribution in [3.63, 3.8) is 0 Å². The van der Waals surface area contributed by atoms with Crippen LogP contribution in [0.1, 0.15) is 35.3 Å². The van der Waals surface area contributed by atoms with Crippen LogP contribution in [0.5, 0.6) is 34.5 Å². The van der Waals surface area contributed by atoms with Crippen molar-refractivity contribution in [3.8, 4) is 45.6 Å². The number of carbonyl (C=O) groups excluding carboxylic acids is 1. The zero-order valence-corrected chi connectivity index (χ0v) is 22.5. The van der Waals surface area contributed by atoms with Gasteiger partial charge < -0.3 is 28.4 Å². The minimum absolute atomic E-state index is 0.277. The first kappa shape index (κ1) is 26.2. The average molecular weight is 507 g/mol. The highest BCUT2D eigenvalue weighted by Gasteiger charge is 2.34. The molecule has 0 saturated heterocycles. The third-order valence-electron chi connectivity index (χ3n) is 7.13. The molecule has 0 unspecified atom stereocenters. The predicted molar refractivity (Wildman–Crippen MR) is 142 cm³/mol. The van der Waals surface area contributed by atoms with E-state index in [9.17, 15) is 4.79 Å². The molecule has 1 aliphatic carbocycles. The minimum Gasteiger partial charge on any atom is -0.493 e. The fourth-order valence-electron chi connectivity index (χ4n) is 5.01. The lowest BCUT2D eigenvalue weighted by atomic mass is 9.77. The first-order valence-corrected chi connectivity index (χ1v) is 12.3. The molecular weight excluding hydrogens is 472 g/mol. The highest BCUT2D eigenvalue weighted by atomic mass is 16.6. The lowest BCUT2D eigenvalue weighted by Gasteiger charge is -2.30. The van der Waals surface area contributed by atoms with Gasteiger partial charge in [-0.3, -0.25) is 0 Å². The molecule has 0 saturated carbocycles. The number of carbonyl (C=O) groups is 1. The molecule has 0 spiro atoms. The van der Waals surface area contributed by atoms with Crippen molar-refractivity contribution < 1.29 is 33.2 Å². The Labute approximate surface area is 218 Å². The molecule has 0 radical (unpaired) electrons. The van der Waals surface area contributed by atoms with Gasteiger partial charge in [-0.05, 0) is 60.1 Å². The van der Waals surface area contributed by atoms with Crippen LogP contribution < -0.4 is 28.4 Å². The lowest BCUT2D eigenvalue weighted by Crippen LogP contribution is -2.19. The van der Waals surface area contributed by atoms with Crippen molar-refractivity contribution in [2.75, 3.05) is 35.5 Å². The molecule has 4 rings (SSSR count). The Balaban J connectivity index is 2.11. The standard InChI is InChI=1S/C30H34O7/c1-17-13-20-15-22(32-3)26(34-5)28(36-7)24(20)25-21(14-18(17)2)16-23(33-4)27(35-6)29(25)37-30(31)19-11-9-8-10-12-19/h8-12,15-18H,13-14H2,1-7H3/t17-,18-/m0/s1. The van der Waals surface area contributed by atoms with Gasteiger partial charge in [0.2, 0.25) is 11.5 Å². The molecule has 3 aromatic rings. The molecule has 7 heteroatoms. The first-order chi connectivity index (χ1) is 17.9. The molecule has 2 atom stereocenters. The highest BCUT2D eigenvalue weighted by molar-refractivity contribution is 5.95. The van der Waals surface area contributed by atoms with Crippen LogP contribution in [0.2, 0.25) is 0 Å². The van der Waals surface area contributed by atoms with Crippen molar-refractivity contribution in [1.29, 1.82) is 0 Å². The Morgan fingerprint density at radius 3 is 1.57 bits per heavy atom. The molecule has 1 aliphatic rings. The Morgan fingerprint density at radius 2 is 1.11 bits per heavy atom. The highest BCUT2D eigenvalue weighted by Crippen LogP contribution is 2.56. The average Bonchev–Trinajstić information content (AvgIpc) is 2.92. The van der Waals surface area contributed by atoms with Crippen molar-refractivity contribution in [2.45, 2.75) is 26.7 Å². The van der Waals surface area contributed by atoms with Gasteiger partial charge in [0.25, 0.3) is 0 Å². The fourth-order valence-corrected chi connectivity index (χ4v) is 5.01. The first-order valence-electron chi connectivity index (χ1n) is 12.3. The third-order valence-corrected chi connectivity index (χ3v) is 7.13. The van der Waals surface area contributed by atoms with Gasteiger partial charge in [-0.1, -0.05) is 32.0 Å². The van der Waals surface area contributed by atoms with E-state index in [1.165, 1.54) is 7.11 Å². The summed E-state index contributed by atoms with van der Waals surface area (Å²) in [6, 6.07) is 12.8. The van der Waals surface area contributed by atoms with E-state index in [4.69, 9.17) is 28.4 Å². The van der Waals surface area contributed by atoms with E-state index in [2.05, 4.69) is 13.8 Å². The Hall–Kier alpha value is -3.87. The van der Waals surface area contributed by atoms with Crippen molar-refractivity contribution >= 4 is 5.97 Å². The summed E-state index contributed by atoms with van der Waals surface area (Å²) in [4.78, 5) is 13.3. The van der Waals surface area contributed by atoms with Gasteiger partial charge in [0.1, 0.15) is 0 Å². The van der Waals surface area contributed by atoms with Gasteiger partial charge >= 0.3 is 5.97 Å². The number of rotatable bonds is 7. The molecule has 0 amide bonds. The molecule has 196 valence electrons. The van der Waals surface area contributed by atoms with E-state index < -0.39 is 5.97 Å².